The van der Waals surface area contributed by atoms with E-state index >= 15 is 0 Å². The molecule has 0 radical (unpaired) electrons. The standard InChI is InChI=1S/C17H22N2O4/c1-2-23-15(20)10-11-18-16(21)14-9-6-12-19(14)17(22)13-7-4-3-5-8-13/h3-5,7-8,14H,2,6,9-12H2,1H3,(H,18,21)/t14-/m1/s1. The Morgan fingerprint density at radius 2 is 2.00 bits per heavy atom. The van der Waals surface area contributed by atoms with E-state index in [2.05, 4.69) is 5.32 Å². The van der Waals surface area contributed by atoms with Gasteiger partial charge in [0, 0.05) is 18.7 Å². The third-order valence-electron chi connectivity index (χ3n) is 3.77. The highest BCUT2D eigenvalue weighted by atomic mass is 16.5. The van der Waals surface area contributed by atoms with Crippen LogP contribution in [0.25, 0.3) is 0 Å². The van der Waals surface area contributed by atoms with E-state index in [-0.39, 0.29) is 30.7 Å². The molecule has 0 bridgehead atoms. The van der Waals surface area contributed by atoms with E-state index in [9.17, 15) is 14.4 Å². The van der Waals surface area contributed by atoms with Crippen molar-refractivity contribution in [1.82, 2.24) is 10.2 Å². The van der Waals surface area contributed by atoms with Crippen LogP contribution in [0, 0.1) is 0 Å². The molecule has 1 aliphatic rings. The van der Waals surface area contributed by atoms with Crippen LogP contribution in [0.3, 0.4) is 0 Å². The van der Waals surface area contributed by atoms with Crippen LogP contribution >= 0.6 is 0 Å². The first-order valence-electron chi connectivity index (χ1n) is 7.93. The van der Waals surface area contributed by atoms with Gasteiger partial charge in [0.1, 0.15) is 6.04 Å². The Morgan fingerprint density at radius 3 is 2.70 bits per heavy atom. The van der Waals surface area contributed by atoms with Gasteiger partial charge in [-0.25, -0.2) is 0 Å². The molecule has 1 aromatic carbocycles. The monoisotopic (exact) mass is 318 g/mol. The molecule has 2 rings (SSSR count). The smallest absolute Gasteiger partial charge is 0.307 e. The average molecular weight is 318 g/mol. The van der Waals surface area contributed by atoms with Gasteiger partial charge >= 0.3 is 5.97 Å². The second-order valence-corrected chi connectivity index (χ2v) is 5.37. The Bertz CT molecular complexity index is 559. The maximum absolute atomic E-state index is 12.5. The minimum absolute atomic E-state index is 0.131. The summed E-state index contributed by atoms with van der Waals surface area (Å²) in [6.07, 6.45) is 1.58. The van der Waals surface area contributed by atoms with Gasteiger partial charge in [-0.3, -0.25) is 14.4 Å². The highest BCUT2D eigenvalue weighted by molar-refractivity contribution is 5.97. The molecule has 1 heterocycles. The molecule has 2 amide bonds. The van der Waals surface area contributed by atoms with Crippen LogP contribution in [0.5, 0.6) is 0 Å². The summed E-state index contributed by atoms with van der Waals surface area (Å²) < 4.78 is 4.81. The molecule has 1 saturated heterocycles. The van der Waals surface area contributed by atoms with Gasteiger partial charge in [0.25, 0.3) is 5.91 Å². The summed E-state index contributed by atoms with van der Waals surface area (Å²) in [4.78, 5) is 37.6. The molecule has 1 N–H and O–H groups in total. The number of carbonyl (C=O) groups is 3. The van der Waals surface area contributed by atoms with Crippen LogP contribution in [0.4, 0.5) is 0 Å². The van der Waals surface area contributed by atoms with Crippen molar-refractivity contribution < 1.29 is 19.1 Å². The second-order valence-electron chi connectivity index (χ2n) is 5.37. The number of likely N-dealkylation sites (tertiary alicyclic amines) is 1. The molecule has 0 aliphatic carbocycles. The molecule has 0 unspecified atom stereocenters. The molecule has 1 aliphatic heterocycles. The quantitative estimate of drug-likeness (QED) is 0.804. The van der Waals surface area contributed by atoms with E-state index in [4.69, 9.17) is 4.74 Å². The molecule has 1 fully saturated rings. The molecule has 0 spiro atoms. The van der Waals surface area contributed by atoms with Crippen LogP contribution in [0.2, 0.25) is 0 Å². The largest absolute Gasteiger partial charge is 0.466 e. The topological polar surface area (TPSA) is 75.7 Å². The van der Waals surface area contributed by atoms with Gasteiger partial charge in [-0.15, -0.1) is 0 Å². The Hall–Kier alpha value is -2.37. The minimum Gasteiger partial charge on any atom is -0.466 e. The van der Waals surface area contributed by atoms with Crippen molar-refractivity contribution in [3.63, 3.8) is 0 Å². The minimum atomic E-state index is -0.468. The van der Waals surface area contributed by atoms with Crippen molar-refractivity contribution in [2.75, 3.05) is 19.7 Å². The maximum Gasteiger partial charge on any atom is 0.307 e. The van der Waals surface area contributed by atoms with Gasteiger partial charge in [-0.1, -0.05) is 18.2 Å². The lowest BCUT2D eigenvalue weighted by Crippen LogP contribution is -2.46. The van der Waals surface area contributed by atoms with Gasteiger partial charge in [0.2, 0.25) is 5.91 Å². The van der Waals surface area contributed by atoms with Crippen molar-refractivity contribution >= 4 is 17.8 Å². The first-order chi connectivity index (χ1) is 11.1. The summed E-state index contributed by atoms with van der Waals surface area (Å²) in [7, 11) is 0. The van der Waals surface area contributed by atoms with Gasteiger partial charge in [0.05, 0.1) is 13.0 Å². The fourth-order valence-corrected chi connectivity index (χ4v) is 2.67. The van der Waals surface area contributed by atoms with Crippen molar-refractivity contribution in [3.8, 4) is 0 Å². The molecule has 0 saturated carbocycles. The second kappa shape index (κ2) is 8.31. The highest BCUT2D eigenvalue weighted by Crippen LogP contribution is 2.20. The Kier molecular flexibility index (Phi) is 6.14. The van der Waals surface area contributed by atoms with Crippen LogP contribution in [-0.4, -0.2) is 48.4 Å². The normalized spacial score (nSPS) is 16.9. The summed E-state index contributed by atoms with van der Waals surface area (Å²) in [5, 5.41) is 2.72. The molecule has 6 heteroatoms. The van der Waals surface area contributed by atoms with E-state index in [1.807, 2.05) is 6.07 Å². The first-order valence-corrected chi connectivity index (χ1v) is 7.93. The lowest BCUT2D eigenvalue weighted by Gasteiger charge is -2.24. The van der Waals surface area contributed by atoms with Crippen LogP contribution in [0.15, 0.2) is 30.3 Å². The number of esters is 1. The number of hydrogen-bond acceptors (Lipinski definition) is 4. The molecular formula is C17H22N2O4. The number of nitrogens with one attached hydrogen (secondary N) is 1. The predicted octanol–water partition coefficient (Wildman–Crippen LogP) is 1.36. The highest BCUT2D eigenvalue weighted by Gasteiger charge is 2.34. The lowest BCUT2D eigenvalue weighted by molar-refractivity contribution is -0.143. The number of ether oxygens (including phenoxy) is 1. The lowest BCUT2D eigenvalue weighted by atomic mass is 10.1. The average Bonchev–Trinajstić information content (AvgIpc) is 3.05. The van der Waals surface area contributed by atoms with Crippen LogP contribution in [-0.2, 0) is 14.3 Å². The third kappa shape index (κ3) is 4.55. The predicted molar refractivity (Wildman–Crippen MR) is 84.8 cm³/mol. The van der Waals surface area contributed by atoms with Crippen molar-refractivity contribution in [2.24, 2.45) is 0 Å². The zero-order valence-corrected chi connectivity index (χ0v) is 13.3. The van der Waals surface area contributed by atoms with E-state index in [1.54, 1.807) is 36.1 Å². The summed E-state index contributed by atoms with van der Waals surface area (Å²) in [6.45, 7) is 2.86. The molecule has 124 valence electrons. The van der Waals surface area contributed by atoms with Gasteiger partial charge in [0.15, 0.2) is 0 Å². The summed E-state index contributed by atoms with van der Waals surface area (Å²) in [5.41, 5.74) is 0.582. The molecular weight excluding hydrogens is 296 g/mol. The number of carbonyl (C=O) groups excluding carboxylic acids is 3. The van der Waals surface area contributed by atoms with Gasteiger partial charge < -0.3 is 15.0 Å². The third-order valence-corrected chi connectivity index (χ3v) is 3.77. The van der Waals surface area contributed by atoms with Crippen molar-refractivity contribution in [1.29, 1.82) is 0 Å². The van der Waals surface area contributed by atoms with Gasteiger partial charge in [-0.05, 0) is 31.9 Å². The summed E-state index contributed by atoms with van der Waals surface area (Å²) >= 11 is 0. The van der Waals surface area contributed by atoms with E-state index in [0.29, 0.717) is 25.1 Å². The van der Waals surface area contributed by atoms with E-state index in [1.165, 1.54) is 0 Å². The Labute approximate surface area is 135 Å². The SMILES string of the molecule is CCOC(=O)CCNC(=O)[C@H]1CCCN1C(=O)c1ccccc1. The number of rotatable bonds is 6. The van der Waals surface area contributed by atoms with Crippen LogP contribution < -0.4 is 5.32 Å². The van der Waals surface area contributed by atoms with Crippen LogP contribution in [0.1, 0.15) is 36.5 Å². The molecule has 1 atom stereocenters. The van der Waals surface area contributed by atoms with Crippen molar-refractivity contribution in [3.05, 3.63) is 35.9 Å². The number of nitrogens with zero attached hydrogens (tertiary/aromatic N) is 1. The van der Waals surface area contributed by atoms with Gasteiger partial charge in [-0.2, -0.15) is 0 Å². The number of hydrogen-bond donors (Lipinski definition) is 1. The maximum atomic E-state index is 12.5. The fourth-order valence-electron chi connectivity index (χ4n) is 2.67. The summed E-state index contributed by atoms with van der Waals surface area (Å²) in [6, 6.07) is 8.48. The van der Waals surface area contributed by atoms with Crippen molar-refractivity contribution in [2.45, 2.75) is 32.2 Å². The molecule has 1 aromatic rings. The number of benzene rings is 1. The number of amides is 2. The summed E-state index contributed by atoms with van der Waals surface area (Å²) in [5.74, 6) is -0.679. The van der Waals surface area contributed by atoms with E-state index < -0.39 is 6.04 Å². The first kappa shape index (κ1) is 17.0. The fraction of sp³-hybridized carbons (Fsp3) is 0.471. The Balaban J connectivity index is 1.89. The Morgan fingerprint density at radius 1 is 1.26 bits per heavy atom. The molecule has 23 heavy (non-hydrogen) atoms. The van der Waals surface area contributed by atoms with E-state index in [0.717, 1.165) is 6.42 Å². The zero-order chi connectivity index (χ0) is 16.7. The molecule has 0 aromatic heterocycles. The zero-order valence-electron chi connectivity index (χ0n) is 13.3. The molecule has 6 nitrogen and oxygen atoms in total.